The molecule has 0 atom stereocenters. The fourth-order valence-corrected chi connectivity index (χ4v) is 1.51. The second-order valence-corrected chi connectivity index (χ2v) is 4.28. The van der Waals surface area contributed by atoms with Crippen LogP contribution in [-0.2, 0) is 11.3 Å². The maximum Gasteiger partial charge on any atom is 0.248 e. The minimum atomic E-state index is -0.186. The molecule has 0 fully saturated rings. The Kier molecular flexibility index (Phi) is 4.74. The minimum absolute atomic E-state index is 0.186. The van der Waals surface area contributed by atoms with Gasteiger partial charge in [-0.25, -0.2) is 5.84 Å². The average molecular weight is 272 g/mol. The van der Waals surface area contributed by atoms with Crippen LogP contribution in [0.4, 0.5) is 0 Å². The normalized spacial score (nSPS) is 10.4. The second-order valence-electron chi connectivity index (χ2n) is 3.37. The number of nitrogens with zero attached hydrogens (tertiary/aromatic N) is 1. The Hall–Kier alpha value is -0.910. The second kappa shape index (κ2) is 5.85. The maximum atomic E-state index is 11.0. The van der Waals surface area contributed by atoms with Crippen molar-refractivity contribution < 1.29 is 4.79 Å². The first kappa shape index (κ1) is 12.2. The van der Waals surface area contributed by atoms with Crippen LogP contribution < -0.4 is 11.3 Å². The van der Waals surface area contributed by atoms with Crippen LogP contribution in [0.5, 0.6) is 0 Å². The SMILES string of the molecule is CN(CC(=O)NN)Cc1ccc(Br)cc1. The molecule has 4 nitrogen and oxygen atoms in total. The van der Waals surface area contributed by atoms with Crippen molar-refractivity contribution >= 4 is 21.8 Å². The topological polar surface area (TPSA) is 58.4 Å². The highest BCUT2D eigenvalue weighted by Crippen LogP contribution is 2.11. The number of rotatable bonds is 4. The number of amides is 1. The van der Waals surface area contributed by atoms with Gasteiger partial charge in [0, 0.05) is 11.0 Å². The summed E-state index contributed by atoms with van der Waals surface area (Å²) in [5.41, 5.74) is 3.26. The largest absolute Gasteiger partial charge is 0.293 e. The highest BCUT2D eigenvalue weighted by molar-refractivity contribution is 9.10. The third-order valence-electron chi connectivity index (χ3n) is 1.94. The van der Waals surface area contributed by atoms with E-state index in [2.05, 4.69) is 21.4 Å². The molecular weight excluding hydrogens is 258 g/mol. The van der Waals surface area contributed by atoms with Gasteiger partial charge in [0.25, 0.3) is 0 Å². The van der Waals surface area contributed by atoms with Gasteiger partial charge in [-0.05, 0) is 24.7 Å². The predicted molar refractivity (Wildman–Crippen MR) is 62.8 cm³/mol. The molecule has 1 aromatic rings. The lowest BCUT2D eigenvalue weighted by Crippen LogP contribution is -2.38. The van der Waals surface area contributed by atoms with Gasteiger partial charge in [-0.15, -0.1) is 0 Å². The smallest absolute Gasteiger partial charge is 0.248 e. The van der Waals surface area contributed by atoms with E-state index >= 15 is 0 Å². The molecule has 3 N–H and O–H groups in total. The summed E-state index contributed by atoms with van der Waals surface area (Å²) < 4.78 is 1.05. The lowest BCUT2D eigenvalue weighted by molar-refractivity contribution is -0.122. The van der Waals surface area contributed by atoms with E-state index in [9.17, 15) is 4.79 Å². The lowest BCUT2D eigenvalue weighted by atomic mass is 10.2. The van der Waals surface area contributed by atoms with Gasteiger partial charge in [-0.3, -0.25) is 15.1 Å². The van der Waals surface area contributed by atoms with Crippen LogP contribution in [0.25, 0.3) is 0 Å². The Bertz CT molecular complexity index is 326. The van der Waals surface area contributed by atoms with Gasteiger partial charge in [0.2, 0.25) is 5.91 Å². The number of nitrogens with two attached hydrogens (primary N) is 1. The van der Waals surface area contributed by atoms with Crippen LogP contribution in [0, 0.1) is 0 Å². The number of likely N-dealkylation sites (N-methyl/N-ethyl adjacent to an activating group) is 1. The summed E-state index contributed by atoms with van der Waals surface area (Å²) in [5, 5.41) is 0. The Morgan fingerprint density at radius 3 is 2.60 bits per heavy atom. The van der Waals surface area contributed by atoms with Crippen molar-refractivity contribution in [2.45, 2.75) is 6.54 Å². The van der Waals surface area contributed by atoms with Gasteiger partial charge in [-0.2, -0.15) is 0 Å². The molecule has 0 spiro atoms. The lowest BCUT2D eigenvalue weighted by Gasteiger charge is -2.15. The van der Waals surface area contributed by atoms with Crippen molar-refractivity contribution in [1.29, 1.82) is 0 Å². The molecule has 0 aliphatic heterocycles. The Morgan fingerprint density at radius 1 is 1.47 bits per heavy atom. The molecule has 0 heterocycles. The minimum Gasteiger partial charge on any atom is -0.293 e. The molecule has 15 heavy (non-hydrogen) atoms. The number of carbonyl (C=O) groups is 1. The van der Waals surface area contributed by atoms with Crippen molar-refractivity contribution in [2.24, 2.45) is 5.84 Å². The number of hydrazine groups is 1. The number of benzene rings is 1. The van der Waals surface area contributed by atoms with Crippen LogP contribution in [0.3, 0.4) is 0 Å². The third kappa shape index (κ3) is 4.42. The molecule has 0 aromatic heterocycles. The highest BCUT2D eigenvalue weighted by atomic mass is 79.9. The number of carbonyl (C=O) groups excluding carboxylic acids is 1. The number of hydrogen-bond acceptors (Lipinski definition) is 3. The molecule has 0 bridgehead atoms. The maximum absolute atomic E-state index is 11.0. The molecule has 0 saturated heterocycles. The molecule has 0 unspecified atom stereocenters. The van der Waals surface area contributed by atoms with Gasteiger partial charge < -0.3 is 0 Å². The van der Waals surface area contributed by atoms with Crippen molar-refractivity contribution in [3.63, 3.8) is 0 Å². The van der Waals surface area contributed by atoms with Crippen molar-refractivity contribution in [3.05, 3.63) is 34.3 Å². The van der Waals surface area contributed by atoms with E-state index in [0.29, 0.717) is 6.54 Å². The molecular formula is C10H14BrN3O. The zero-order valence-corrected chi connectivity index (χ0v) is 10.1. The molecule has 82 valence electrons. The fourth-order valence-electron chi connectivity index (χ4n) is 1.25. The molecule has 5 heteroatoms. The summed E-state index contributed by atoms with van der Waals surface area (Å²) in [6, 6.07) is 7.99. The zero-order valence-electron chi connectivity index (χ0n) is 8.53. The number of nitrogens with one attached hydrogen (secondary N) is 1. The number of halogens is 1. The van der Waals surface area contributed by atoms with Gasteiger partial charge in [0.05, 0.1) is 6.54 Å². The van der Waals surface area contributed by atoms with Crippen LogP contribution in [0.1, 0.15) is 5.56 Å². The Labute approximate surface area is 97.5 Å². The van der Waals surface area contributed by atoms with Crippen LogP contribution in [-0.4, -0.2) is 24.4 Å². The van der Waals surface area contributed by atoms with E-state index in [1.807, 2.05) is 36.2 Å². The van der Waals surface area contributed by atoms with Gasteiger partial charge >= 0.3 is 0 Å². The summed E-state index contributed by atoms with van der Waals surface area (Å²) in [4.78, 5) is 12.9. The van der Waals surface area contributed by atoms with E-state index in [0.717, 1.165) is 16.6 Å². The van der Waals surface area contributed by atoms with Crippen LogP contribution in [0.15, 0.2) is 28.7 Å². The Balaban J connectivity index is 2.47. The van der Waals surface area contributed by atoms with Crippen LogP contribution in [0.2, 0.25) is 0 Å². The first-order valence-electron chi connectivity index (χ1n) is 4.54. The molecule has 0 radical (unpaired) electrons. The first-order chi connectivity index (χ1) is 7.11. The highest BCUT2D eigenvalue weighted by Gasteiger charge is 2.05. The van der Waals surface area contributed by atoms with E-state index in [1.54, 1.807) is 0 Å². The summed E-state index contributed by atoms with van der Waals surface area (Å²) >= 11 is 3.37. The fraction of sp³-hybridized carbons (Fsp3) is 0.300. The van der Waals surface area contributed by atoms with E-state index in [-0.39, 0.29) is 5.91 Å². The number of hydrogen-bond donors (Lipinski definition) is 2. The third-order valence-corrected chi connectivity index (χ3v) is 2.47. The van der Waals surface area contributed by atoms with E-state index < -0.39 is 0 Å². The van der Waals surface area contributed by atoms with E-state index in [1.165, 1.54) is 0 Å². The van der Waals surface area contributed by atoms with Crippen molar-refractivity contribution in [2.75, 3.05) is 13.6 Å². The molecule has 0 aliphatic rings. The molecule has 1 rings (SSSR count). The molecule has 1 amide bonds. The van der Waals surface area contributed by atoms with E-state index in [4.69, 9.17) is 5.84 Å². The molecule has 1 aromatic carbocycles. The van der Waals surface area contributed by atoms with Gasteiger partial charge in [0.1, 0.15) is 0 Å². The summed E-state index contributed by atoms with van der Waals surface area (Å²) in [5.74, 6) is 4.82. The predicted octanol–water partition coefficient (Wildman–Crippen LogP) is 0.871. The monoisotopic (exact) mass is 271 g/mol. The zero-order chi connectivity index (χ0) is 11.3. The van der Waals surface area contributed by atoms with Gasteiger partial charge in [0.15, 0.2) is 0 Å². The standard InChI is InChI=1S/C10H14BrN3O/c1-14(7-10(15)13-12)6-8-2-4-9(11)5-3-8/h2-5H,6-7,12H2,1H3,(H,13,15). The summed E-state index contributed by atoms with van der Waals surface area (Å²) in [7, 11) is 1.87. The quantitative estimate of drug-likeness (QED) is 0.486. The molecule has 0 aliphatic carbocycles. The summed E-state index contributed by atoms with van der Waals surface area (Å²) in [6.07, 6.45) is 0. The van der Waals surface area contributed by atoms with Gasteiger partial charge in [-0.1, -0.05) is 28.1 Å². The van der Waals surface area contributed by atoms with Crippen molar-refractivity contribution in [1.82, 2.24) is 10.3 Å². The first-order valence-corrected chi connectivity index (χ1v) is 5.33. The Morgan fingerprint density at radius 2 is 2.07 bits per heavy atom. The van der Waals surface area contributed by atoms with Crippen LogP contribution >= 0.6 is 15.9 Å². The summed E-state index contributed by atoms with van der Waals surface area (Å²) in [6.45, 7) is 1.02. The van der Waals surface area contributed by atoms with Crippen molar-refractivity contribution in [3.8, 4) is 0 Å². The molecule has 0 saturated carbocycles. The average Bonchev–Trinajstić information content (AvgIpc) is 2.21.